The maximum absolute atomic E-state index is 10.7. The summed E-state index contributed by atoms with van der Waals surface area (Å²) in [6, 6.07) is 0. The van der Waals surface area contributed by atoms with Crippen molar-refractivity contribution in [2.75, 3.05) is 13.2 Å². The van der Waals surface area contributed by atoms with Gasteiger partial charge in [0.25, 0.3) is 0 Å². The molecule has 0 atom stereocenters. The van der Waals surface area contributed by atoms with Gasteiger partial charge in [0.2, 0.25) is 0 Å². The Labute approximate surface area is 67.9 Å². The van der Waals surface area contributed by atoms with Gasteiger partial charge in [0, 0.05) is 6.54 Å². The lowest BCUT2D eigenvalue weighted by molar-refractivity contribution is -0.143. The number of hydrogen-bond donors (Lipinski definition) is 1. The van der Waals surface area contributed by atoms with E-state index in [2.05, 4.69) is 6.92 Å². The summed E-state index contributed by atoms with van der Waals surface area (Å²) in [5.74, 6) is -0.177. The predicted molar refractivity (Wildman–Crippen MR) is 44.2 cm³/mol. The summed E-state index contributed by atoms with van der Waals surface area (Å²) < 4.78 is 4.87. The maximum atomic E-state index is 10.7. The van der Waals surface area contributed by atoms with Gasteiger partial charge in [-0.15, -0.1) is 0 Å². The van der Waals surface area contributed by atoms with Crippen LogP contribution >= 0.6 is 0 Å². The summed E-state index contributed by atoms with van der Waals surface area (Å²) in [5, 5.41) is 0. The van der Waals surface area contributed by atoms with Crippen LogP contribution in [0.15, 0.2) is 0 Å². The van der Waals surface area contributed by atoms with Crippen molar-refractivity contribution in [2.24, 2.45) is 5.73 Å². The van der Waals surface area contributed by atoms with Gasteiger partial charge in [0.1, 0.15) is 0 Å². The molecule has 0 rings (SSSR count). The number of nitrogens with two attached hydrogens (primary N) is 1. The zero-order valence-corrected chi connectivity index (χ0v) is 7.14. The Balaban J connectivity index is 3.04. The van der Waals surface area contributed by atoms with Crippen LogP contribution < -0.4 is 5.73 Å². The molecule has 0 unspecified atom stereocenters. The third-order valence-corrected chi connectivity index (χ3v) is 1.36. The van der Waals surface area contributed by atoms with Crippen molar-refractivity contribution < 1.29 is 9.53 Å². The number of carbonyl (C=O) groups is 1. The molecule has 0 aliphatic rings. The zero-order chi connectivity index (χ0) is 8.53. The minimum atomic E-state index is -0.177. The molecule has 66 valence electrons. The highest BCUT2D eigenvalue weighted by Crippen LogP contribution is 1.95. The Morgan fingerprint density at radius 3 is 2.73 bits per heavy atom. The molecule has 0 aromatic carbocycles. The molecule has 2 N–H and O–H groups in total. The molecule has 0 amide bonds. The standard InChI is InChI=1S/C8H17NO2/c1-2-3-4-7-11-8(10)5-6-9/h2-7,9H2,1H3. The van der Waals surface area contributed by atoms with E-state index in [4.69, 9.17) is 10.5 Å². The minimum Gasteiger partial charge on any atom is -0.466 e. The van der Waals surface area contributed by atoms with Gasteiger partial charge < -0.3 is 10.5 Å². The van der Waals surface area contributed by atoms with Gasteiger partial charge >= 0.3 is 5.97 Å². The van der Waals surface area contributed by atoms with Crippen molar-refractivity contribution in [1.29, 1.82) is 0 Å². The molecule has 0 saturated heterocycles. The van der Waals surface area contributed by atoms with Crippen LogP contribution in [0.2, 0.25) is 0 Å². The number of hydrogen-bond acceptors (Lipinski definition) is 3. The topological polar surface area (TPSA) is 52.3 Å². The molecule has 0 bridgehead atoms. The normalized spacial score (nSPS) is 9.64. The molecular weight excluding hydrogens is 142 g/mol. The Hall–Kier alpha value is -0.570. The van der Waals surface area contributed by atoms with Gasteiger partial charge in [-0.3, -0.25) is 4.79 Å². The van der Waals surface area contributed by atoms with Gasteiger partial charge in [-0.1, -0.05) is 19.8 Å². The fourth-order valence-electron chi connectivity index (χ4n) is 0.728. The molecule has 0 aliphatic heterocycles. The van der Waals surface area contributed by atoms with Gasteiger partial charge in [-0.25, -0.2) is 0 Å². The second-order valence-electron chi connectivity index (χ2n) is 2.47. The van der Waals surface area contributed by atoms with Crippen LogP contribution in [0.25, 0.3) is 0 Å². The predicted octanol–water partition coefficient (Wildman–Crippen LogP) is 1.07. The molecule has 0 aliphatic carbocycles. The Morgan fingerprint density at radius 2 is 2.18 bits per heavy atom. The van der Waals surface area contributed by atoms with E-state index >= 15 is 0 Å². The largest absolute Gasteiger partial charge is 0.466 e. The third kappa shape index (κ3) is 7.33. The molecular formula is C8H17NO2. The Morgan fingerprint density at radius 1 is 1.45 bits per heavy atom. The highest BCUT2D eigenvalue weighted by atomic mass is 16.5. The number of ether oxygens (including phenoxy) is 1. The van der Waals surface area contributed by atoms with E-state index in [1.54, 1.807) is 0 Å². The quantitative estimate of drug-likeness (QED) is 0.466. The van der Waals surface area contributed by atoms with Crippen LogP contribution in [0.3, 0.4) is 0 Å². The summed E-state index contributed by atoms with van der Waals surface area (Å²) >= 11 is 0. The molecule has 0 radical (unpaired) electrons. The van der Waals surface area contributed by atoms with E-state index in [0.717, 1.165) is 19.3 Å². The summed E-state index contributed by atoms with van der Waals surface area (Å²) in [5.41, 5.74) is 5.16. The second-order valence-corrected chi connectivity index (χ2v) is 2.47. The highest BCUT2D eigenvalue weighted by Gasteiger charge is 1.98. The van der Waals surface area contributed by atoms with Crippen molar-refractivity contribution >= 4 is 5.97 Å². The average molecular weight is 159 g/mol. The average Bonchev–Trinajstić information content (AvgIpc) is 1.99. The van der Waals surface area contributed by atoms with Crippen LogP contribution in [0.4, 0.5) is 0 Å². The summed E-state index contributed by atoms with van der Waals surface area (Å²) in [6.07, 6.45) is 3.57. The third-order valence-electron chi connectivity index (χ3n) is 1.36. The SMILES string of the molecule is CCCCCOC(=O)CCN. The zero-order valence-electron chi connectivity index (χ0n) is 7.14. The summed E-state index contributed by atoms with van der Waals surface area (Å²) in [4.78, 5) is 10.7. The molecule has 0 saturated carbocycles. The monoisotopic (exact) mass is 159 g/mol. The second kappa shape index (κ2) is 7.54. The van der Waals surface area contributed by atoms with E-state index in [1.165, 1.54) is 0 Å². The van der Waals surface area contributed by atoms with E-state index in [1.807, 2.05) is 0 Å². The highest BCUT2D eigenvalue weighted by molar-refractivity contribution is 5.69. The van der Waals surface area contributed by atoms with E-state index in [9.17, 15) is 4.79 Å². The van der Waals surface area contributed by atoms with E-state index < -0.39 is 0 Å². The molecule has 0 aromatic heterocycles. The van der Waals surface area contributed by atoms with Crippen LogP contribution in [-0.2, 0) is 9.53 Å². The first-order valence-corrected chi connectivity index (χ1v) is 4.17. The lowest BCUT2D eigenvalue weighted by Gasteiger charge is -2.01. The number of rotatable bonds is 6. The first-order valence-electron chi connectivity index (χ1n) is 4.17. The van der Waals surface area contributed by atoms with Crippen molar-refractivity contribution in [2.45, 2.75) is 32.6 Å². The van der Waals surface area contributed by atoms with Crippen LogP contribution in [0, 0.1) is 0 Å². The van der Waals surface area contributed by atoms with Crippen molar-refractivity contribution in [3.8, 4) is 0 Å². The molecule has 3 heteroatoms. The van der Waals surface area contributed by atoms with Gasteiger partial charge in [-0.05, 0) is 6.42 Å². The molecule has 0 fully saturated rings. The summed E-state index contributed by atoms with van der Waals surface area (Å²) in [7, 11) is 0. The van der Waals surface area contributed by atoms with Crippen molar-refractivity contribution in [3.63, 3.8) is 0 Å². The Bertz CT molecular complexity index is 104. The minimum absolute atomic E-state index is 0.177. The molecule has 0 heterocycles. The van der Waals surface area contributed by atoms with Crippen LogP contribution in [0.5, 0.6) is 0 Å². The lowest BCUT2D eigenvalue weighted by Crippen LogP contribution is -2.11. The fourth-order valence-corrected chi connectivity index (χ4v) is 0.728. The maximum Gasteiger partial charge on any atom is 0.307 e. The number of unbranched alkanes of at least 4 members (excludes halogenated alkanes) is 2. The number of esters is 1. The fraction of sp³-hybridized carbons (Fsp3) is 0.875. The Kier molecular flexibility index (Phi) is 7.15. The smallest absolute Gasteiger partial charge is 0.307 e. The van der Waals surface area contributed by atoms with Crippen LogP contribution in [0.1, 0.15) is 32.6 Å². The molecule has 3 nitrogen and oxygen atoms in total. The van der Waals surface area contributed by atoms with E-state index in [0.29, 0.717) is 19.6 Å². The molecule has 0 aromatic rings. The van der Waals surface area contributed by atoms with Gasteiger partial charge in [0.05, 0.1) is 13.0 Å². The van der Waals surface area contributed by atoms with E-state index in [-0.39, 0.29) is 5.97 Å². The van der Waals surface area contributed by atoms with Crippen molar-refractivity contribution in [1.82, 2.24) is 0 Å². The molecule has 0 spiro atoms. The molecule has 11 heavy (non-hydrogen) atoms. The van der Waals surface area contributed by atoms with Gasteiger partial charge in [-0.2, -0.15) is 0 Å². The number of carbonyl (C=O) groups excluding carboxylic acids is 1. The first-order chi connectivity index (χ1) is 5.31. The van der Waals surface area contributed by atoms with Crippen molar-refractivity contribution in [3.05, 3.63) is 0 Å². The first kappa shape index (κ1) is 10.4. The van der Waals surface area contributed by atoms with Crippen LogP contribution in [-0.4, -0.2) is 19.1 Å². The summed E-state index contributed by atoms with van der Waals surface area (Å²) in [6.45, 7) is 3.04. The van der Waals surface area contributed by atoms with Gasteiger partial charge in [0.15, 0.2) is 0 Å². The lowest BCUT2D eigenvalue weighted by atomic mass is 10.3.